The molecule has 0 atom stereocenters. The van der Waals surface area contributed by atoms with Gasteiger partial charge in [-0.05, 0) is 0 Å². The molecule has 0 radical (unpaired) electrons. The average Bonchev–Trinajstić information content (AvgIpc) is 2.64. The molecule has 0 amide bonds. The molecule has 0 aliphatic rings. The predicted octanol–water partition coefficient (Wildman–Crippen LogP) is 10.6. The van der Waals surface area contributed by atoms with Crippen LogP contribution in [0.2, 0.25) is 16.1 Å². The standard InChI is InChI=1S/C25H53AsS/c1-4-6-8-10-12-14-16-18-20-22-24-26(3,27)25-23-21-19-17-15-13-11-9-7-5-2/h4-25H2,1-3H3. The van der Waals surface area contributed by atoms with Crippen LogP contribution in [0.3, 0.4) is 0 Å². The van der Waals surface area contributed by atoms with Crippen molar-refractivity contribution in [2.75, 3.05) is 0 Å². The molecule has 0 fully saturated rings. The zero-order valence-corrected chi connectivity index (χ0v) is 22.1. The molecule has 0 N–H and O–H groups in total. The maximum atomic E-state index is 6.04. The monoisotopic (exact) mass is 460 g/mol. The molecule has 0 spiro atoms. The summed E-state index contributed by atoms with van der Waals surface area (Å²) in [6.07, 6.45) is 28.9. The number of unbranched alkanes of at least 4 members (excludes halogenated alkanes) is 18. The molecular formula is C25H53AsS. The predicted molar refractivity (Wildman–Crippen MR) is 133 cm³/mol. The quantitative estimate of drug-likeness (QED) is 0.114. The van der Waals surface area contributed by atoms with E-state index in [1.807, 2.05) is 0 Å². The Morgan fingerprint density at radius 1 is 0.407 bits per heavy atom. The second-order valence-corrected chi connectivity index (χ2v) is 21.0. The van der Waals surface area contributed by atoms with Gasteiger partial charge in [0.2, 0.25) is 0 Å². The summed E-state index contributed by atoms with van der Waals surface area (Å²) in [6, 6.07) is 0. The summed E-state index contributed by atoms with van der Waals surface area (Å²) in [6.45, 7) is 4.60. The average molecular weight is 461 g/mol. The first-order chi connectivity index (χ1) is 13.1. The van der Waals surface area contributed by atoms with Crippen LogP contribution in [0.15, 0.2) is 0 Å². The molecule has 0 aromatic heterocycles. The molecule has 2 heteroatoms. The van der Waals surface area contributed by atoms with Gasteiger partial charge in [0.15, 0.2) is 0 Å². The van der Waals surface area contributed by atoms with E-state index in [-0.39, 0.29) is 0 Å². The molecule has 0 saturated carbocycles. The minimum atomic E-state index is -1.65. The first-order valence-corrected chi connectivity index (χ1v) is 19.9. The van der Waals surface area contributed by atoms with Crippen LogP contribution in [0.25, 0.3) is 0 Å². The van der Waals surface area contributed by atoms with E-state index >= 15 is 0 Å². The molecule has 0 aliphatic carbocycles. The van der Waals surface area contributed by atoms with Gasteiger partial charge in [-0.2, -0.15) is 0 Å². The summed E-state index contributed by atoms with van der Waals surface area (Å²) < 4.78 is 0. The third kappa shape index (κ3) is 22.9. The fraction of sp³-hybridized carbons (Fsp3) is 1.00. The van der Waals surface area contributed by atoms with Crippen LogP contribution in [0, 0.1) is 0 Å². The van der Waals surface area contributed by atoms with Crippen LogP contribution in [0.5, 0.6) is 0 Å². The Kier molecular flexibility index (Phi) is 22.1. The second-order valence-electron chi connectivity index (χ2n) is 9.11. The van der Waals surface area contributed by atoms with Crippen molar-refractivity contribution in [3.8, 4) is 0 Å². The van der Waals surface area contributed by atoms with E-state index in [4.69, 9.17) is 10.4 Å². The molecule has 0 nitrogen and oxygen atoms in total. The van der Waals surface area contributed by atoms with E-state index in [1.165, 1.54) is 139 Å². The number of rotatable bonds is 22. The van der Waals surface area contributed by atoms with Gasteiger partial charge in [-0.15, -0.1) is 0 Å². The Labute approximate surface area is 180 Å². The van der Waals surface area contributed by atoms with Gasteiger partial charge in [0.05, 0.1) is 0 Å². The van der Waals surface area contributed by atoms with E-state index in [2.05, 4.69) is 19.6 Å². The van der Waals surface area contributed by atoms with Crippen molar-refractivity contribution in [1.82, 2.24) is 0 Å². The van der Waals surface area contributed by atoms with Gasteiger partial charge in [-0.1, -0.05) is 0 Å². The molecule has 0 rings (SSSR count). The van der Waals surface area contributed by atoms with E-state index in [0.29, 0.717) is 0 Å². The third-order valence-corrected chi connectivity index (χ3v) is 13.2. The molecule has 0 aromatic rings. The van der Waals surface area contributed by atoms with Crippen molar-refractivity contribution in [2.24, 2.45) is 0 Å². The van der Waals surface area contributed by atoms with Gasteiger partial charge in [0, 0.05) is 0 Å². The molecule has 0 aliphatic heterocycles. The fourth-order valence-corrected chi connectivity index (χ4v) is 9.54. The summed E-state index contributed by atoms with van der Waals surface area (Å²) in [4.78, 5) is 0. The van der Waals surface area contributed by atoms with Crippen LogP contribution in [0.1, 0.15) is 142 Å². The van der Waals surface area contributed by atoms with E-state index < -0.39 is 11.9 Å². The van der Waals surface area contributed by atoms with Crippen LogP contribution >= 0.6 is 10.4 Å². The van der Waals surface area contributed by atoms with Crippen molar-refractivity contribution in [1.29, 1.82) is 0 Å². The van der Waals surface area contributed by atoms with Gasteiger partial charge in [-0.25, -0.2) is 0 Å². The molecule has 0 unspecified atom stereocenters. The van der Waals surface area contributed by atoms with Gasteiger partial charge < -0.3 is 0 Å². The molecule has 27 heavy (non-hydrogen) atoms. The van der Waals surface area contributed by atoms with E-state index in [1.54, 1.807) is 0 Å². The van der Waals surface area contributed by atoms with Gasteiger partial charge >= 0.3 is 181 Å². The normalized spacial score (nSPS) is 12.0. The van der Waals surface area contributed by atoms with Crippen molar-refractivity contribution in [3.63, 3.8) is 0 Å². The Morgan fingerprint density at radius 2 is 0.630 bits per heavy atom. The summed E-state index contributed by atoms with van der Waals surface area (Å²) in [5.41, 5.74) is 2.50. The summed E-state index contributed by atoms with van der Waals surface area (Å²) in [7, 11) is 6.04. The topological polar surface area (TPSA) is 0 Å². The van der Waals surface area contributed by atoms with Crippen LogP contribution < -0.4 is 0 Å². The number of hydrogen-bond acceptors (Lipinski definition) is 1. The van der Waals surface area contributed by atoms with Crippen molar-refractivity contribution < 1.29 is 0 Å². The second kappa shape index (κ2) is 21.5. The zero-order chi connectivity index (χ0) is 20.1. The number of hydrogen-bond donors (Lipinski definition) is 0. The zero-order valence-electron chi connectivity index (χ0n) is 19.4. The Balaban J connectivity index is 3.32. The maximum absolute atomic E-state index is 6.04. The fourth-order valence-electron chi connectivity index (χ4n) is 3.98. The van der Waals surface area contributed by atoms with Crippen LogP contribution in [-0.2, 0) is 0 Å². The molecule has 0 aromatic carbocycles. The summed E-state index contributed by atoms with van der Waals surface area (Å²) >= 11 is -1.65. The summed E-state index contributed by atoms with van der Waals surface area (Å²) in [5.74, 6) is 0. The Morgan fingerprint density at radius 3 is 0.889 bits per heavy atom. The minimum absolute atomic E-state index is 1.36. The Bertz CT molecular complexity index is 298. The van der Waals surface area contributed by atoms with Crippen molar-refractivity contribution in [2.45, 2.75) is 158 Å². The first-order valence-electron chi connectivity index (χ1n) is 12.7. The molecular weight excluding hydrogens is 407 g/mol. The molecule has 0 bridgehead atoms. The Hall–Kier alpha value is 0.778. The van der Waals surface area contributed by atoms with Crippen molar-refractivity contribution in [3.05, 3.63) is 0 Å². The van der Waals surface area contributed by atoms with E-state index in [0.717, 1.165) is 0 Å². The summed E-state index contributed by atoms with van der Waals surface area (Å²) in [5, 5.41) is 2.86. The SMILES string of the molecule is CCCCCCCCCCCC[As](C)(=S)CCCCCCCCCCCC. The van der Waals surface area contributed by atoms with Gasteiger partial charge in [0.1, 0.15) is 0 Å². The van der Waals surface area contributed by atoms with Crippen LogP contribution in [0.4, 0.5) is 0 Å². The third-order valence-electron chi connectivity index (χ3n) is 5.97. The van der Waals surface area contributed by atoms with E-state index in [9.17, 15) is 0 Å². The molecule has 0 saturated heterocycles. The molecule has 0 heterocycles. The van der Waals surface area contributed by atoms with Gasteiger partial charge in [0.25, 0.3) is 0 Å². The van der Waals surface area contributed by atoms with Gasteiger partial charge in [-0.3, -0.25) is 0 Å². The van der Waals surface area contributed by atoms with Crippen molar-refractivity contribution >= 4 is 22.3 Å². The van der Waals surface area contributed by atoms with Crippen LogP contribution in [-0.4, -0.2) is 11.9 Å². The molecule has 164 valence electrons. The first kappa shape index (κ1) is 27.8.